The van der Waals surface area contributed by atoms with Crippen LogP contribution in [0, 0.1) is 5.82 Å². The predicted molar refractivity (Wildman–Crippen MR) is 82.1 cm³/mol. The number of nitrogens with one attached hydrogen (secondary N) is 2. The van der Waals surface area contributed by atoms with Crippen molar-refractivity contribution in [3.8, 4) is 11.3 Å². The summed E-state index contributed by atoms with van der Waals surface area (Å²) in [7, 11) is 3.57. The third kappa shape index (κ3) is 4.03. The molecular formula is C14H18ClFN4O. The highest BCUT2D eigenvalue weighted by Gasteiger charge is 2.18. The van der Waals surface area contributed by atoms with Gasteiger partial charge in [0.15, 0.2) is 0 Å². The molecule has 0 saturated heterocycles. The van der Waals surface area contributed by atoms with Crippen molar-refractivity contribution >= 4 is 18.3 Å². The number of H-pyrrole nitrogens is 1. The first-order chi connectivity index (χ1) is 9.63. The van der Waals surface area contributed by atoms with Crippen molar-refractivity contribution < 1.29 is 9.18 Å². The van der Waals surface area contributed by atoms with Gasteiger partial charge in [0.05, 0.1) is 17.5 Å². The number of rotatable bonds is 5. The van der Waals surface area contributed by atoms with Gasteiger partial charge in [0.2, 0.25) is 0 Å². The van der Waals surface area contributed by atoms with Gasteiger partial charge >= 0.3 is 0 Å². The molecule has 7 heteroatoms. The van der Waals surface area contributed by atoms with E-state index in [2.05, 4.69) is 15.5 Å². The van der Waals surface area contributed by atoms with E-state index in [9.17, 15) is 9.18 Å². The molecule has 2 aromatic rings. The van der Waals surface area contributed by atoms with E-state index in [0.717, 1.165) is 5.56 Å². The fraction of sp³-hybridized carbons (Fsp3) is 0.286. The van der Waals surface area contributed by atoms with Gasteiger partial charge in [0.25, 0.3) is 5.91 Å². The second kappa shape index (κ2) is 7.75. The third-order valence-electron chi connectivity index (χ3n) is 3.05. The highest BCUT2D eigenvalue weighted by Crippen LogP contribution is 2.22. The minimum atomic E-state index is -0.313. The van der Waals surface area contributed by atoms with Crippen LogP contribution in [0.15, 0.2) is 30.5 Å². The van der Waals surface area contributed by atoms with E-state index in [1.165, 1.54) is 18.3 Å². The highest BCUT2D eigenvalue weighted by atomic mass is 35.5. The summed E-state index contributed by atoms with van der Waals surface area (Å²) in [6.45, 7) is 1.31. The quantitative estimate of drug-likeness (QED) is 0.887. The van der Waals surface area contributed by atoms with Crippen molar-refractivity contribution in [2.75, 3.05) is 27.2 Å². The van der Waals surface area contributed by atoms with E-state index in [1.54, 1.807) is 24.1 Å². The summed E-state index contributed by atoms with van der Waals surface area (Å²) in [5.41, 5.74) is 1.82. The maximum absolute atomic E-state index is 12.9. The van der Waals surface area contributed by atoms with Crippen LogP contribution in [-0.4, -0.2) is 48.2 Å². The fourth-order valence-electron chi connectivity index (χ4n) is 1.87. The molecule has 0 aliphatic heterocycles. The van der Waals surface area contributed by atoms with Gasteiger partial charge in [-0.1, -0.05) is 0 Å². The van der Waals surface area contributed by atoms with Crippen molar-refractivity contribution in [1.29, 1.82) is 0 Å². The molecule has 0 spiro atoms. The highest BCUT2D eigenvalue weighted by molar-refractivity contribution is 5.99. The molecule has 1 aromatic heterocycles. The second-order valence-corrected chi connectivity index (χ2v) is 4.50. The number of halogens is 2. The van der Waals surface area contributed by atoms with Crippen LogP contribution in [0.1, 0.15) is 10.4 Å². The summed E-state index contributed by atoms with van der Waals surface area (Å²) in [6.07, 6.45) is 1.50. The van der Waals surface area contributed by atoms with E-state index >= 15 is 0 Å². The van der Waals surface area contributed by atoms with Crippen LogP contribution in [0.3, 0.4) is 0 Å². The Morgan fingerprint density at radius 2 is 2.05 bits per heavy atom. The number of aromatic amines is 1. The van der Waals surface area contributed by atoms with Gasteiger partial charge in [-0.05, 0) is 31.3 Å². The lowest BCUT2D eigenvalue weighted by atomic mass is 10.1. The van der Waals surface area contributed by atoms with Crippen molar-refractivity contribution in [2.45, 2.75) is 0 Å². The Morgan fingerprint density at radius 1 is 1.38 bits per heavy atom. The number of amides is 1. The Morgan fingerprint density at radius 3 is 2.67 bits per heavy atom. The Balaban J connectivity index is 0.00000220. The Hall–Kier alpha value is -1.92. The topological polar surface area (TPSA) is 61.0 Å². The normalized spacial score (nSPS) is 10.0. The Bertz CT molecular complexity index is 585. The lowest BCUT2D eigenvalue weighted by Crippen LogP contribution is -2.32. The van der Waals surface area contributed by atoms with Crippen LogP contribution in [0.4, 0.5) is 4.39 Å². The molecule has 0 fully saturated rings. The maximum Gasteiger partial charge on any atom is 0.257 e. The molecular weight excluding hydrogens is 295 g/mol. The number of hydrogen-bond donors (Lipinski definition) is 2. The molecule has 0 radical (unpaired) electrons. The number of carbonyl (C=O) groups is 1. The van der Waals surface area contributed by atoms with Gasteiger partial charge < -0.3 is 10.2 Å². The van der Waals surface area contributed by atoms with E-state index in [0.29, 0.717) is 24.3 Å². The Labute approximate surface area is 129 Å². The number of hydrogen-bond acceptors (Lipinski definition) is 3. The van der Waals surface area contributed by atoms with Crippen LogP contribution in [0.2, 0.25) is 0 Å². The zero-order valence-electron chi connectivity index (χ0n) is 11.9. The van der Waals surface area contributed by atoms with Crippen LogP contribution in [0.5, 0.6) is 0 Å². The summed E-state index contributed by atoms with van der Waals surface area (Å²) >= 11 is 0. The smallest absolute Gasteiger partial charge is 0.257 e. The first-order valence-corrected chi connectivity index (χ1v) is 6.33. The fourth-order valence-corrected chi connectivity index (χ4v) is 1.87. The minimum absolute atomic E-state index is 0. The number of aromatic nitrogens is 2. The molecule has 1 amide bonds. The van der Waals surface area contributed by atoms with Gasteiger partial charge in [0, 0.05) is 25.7 Å². The molecule has 2 rings (SSSR count). The number of likely N-dealkylation sites (N-methyl/N-ethyl adjacent to an activating group) is 2. The number of nitrogens with zero attached hydrogens (tertiary/aromatic N) is 2. The first kappa shape index (κ1) is 17.1. The zero-order valence-corrected chi connectivity index (χ0v) is 12.7. The molecule has 0 bridgehead atoms. The molecule has 114 valence electrons. The van der Waals surface area contributed by atoms with E-state index in [4.69, 9.17) is 0 Å². The number of benzene rings is 1. The van der Waals surface area contributed by atoms with Gasteiger partial charge in [-0.15, -0.1) is 12.4 Å². The molecule has 2 N–H and O–H groups in total. The standard InChI is InChI=1S/C14H17FN4O.ClH/c1-16-7-8-19(2)14(20)12-9-17-18-13(12)10-3-5-11(15)6-4-10;/h3-6,9,16H,7-8H2,1-2H3,(H,17,18);1H. The molecule has 0 unspecified atom stereocenters. The summed E-state index contributed by atoms with van der Waals surface area (Å²) < 4.78 is 12.9. The molecule has 0 aliphatic rings. The molecule has 0 aliphatic carbocycles. The van der Waals surface area contributed by atoms with Crippen molar-refractivity contribution in [3.05, 3.63) is 41.8 Å². The van der Waals surface area contributed by atoms with Crippen molar-refractivity contribution in [3.63, 3.8) is 0 Å². The number of carbonyl (C=O) groups excluding carboxylic acids is 1. The zero-order chi connectivity index (χ0) is 14.5. The van der Waals surface area contributed by atoms with Crippen molar-refractivity contribution in [1.82, 2.24) is 20.4 Å². The van der Waals surface area contributed by atoms with Crippen LogP contribution >= 0.6 is 12.4 Å². The third-order valence-corrected chi connectivity index (χ3v) is 3.05. The lowest BCUT2D eigenvalue weighted by Gasteiger charge is -2.16. The van der Waals surface area contributed by atoms with Gasteiger partial charge in [-0.2, -0.15) is 5.10 Å². The molecule has 5 nitrogen and oxygen atoms in total. The van der Waals surface area contributed by atoms with Gasteiger partial charge in [-0.25, -0.2) is 4.39 Å². The van der Waals surface area contributed by atoms with Crippen LogP contribution < -0.4 is 5.32 Å². The largest absolute Gasteiger partial charge is 0.340 e. The van der Waals surface area contributed by atoms with Crippen LogP contribution in [-0.2, 0) is 0 Å². The molecule has 0 atom stereocenters. The molecule has 21 heavy (non-hydrogen) atoms. The Kier molecular flexibility index (Phi) is 6.33. The van der Waals surface area contributed by atoms with Crippen molar-refractivity contribution in [2.24, 2.45) is 0 Å². The van der Waals surface area contributed by atoms with Gasteiger partial charge in [0.1, 0.15) is 5.82 Å². The van der Waals surface area contributed by atoms with E-state index in [1.807, 2.05) is 7.05 Å². The monoisotopic (exact) mass is 312 g/mol. The average molecular weight is 313 g/mol. The molecule has 1 aromatic carbocycles. The summed E-state index contributed by atoms with van der Waals surface area (Å²) in [4.78, 5) is 14.0. The van der Waals surface area contributed by atoms with E-state index < -0.39 is 0 Å². The summed E-state index contributed by atoms with van der Waals surface area (Å²) in [5.74, 6) is -0.430. The second-order valence-electron chi connectivity index (χ2n) is 4.50. The minimum Gasteiger partial charge on any atom is -0.340 e. The summed E-state index contributed by atoms with van der Waals surface area (Å²) in [5, 5.41) is 9.71. The SMILES string of the molecule is CNCCN(C)C(=O)c1cn[nH]c1-c1ccc(F)cc1.Cl. The summed E-state index contributed by atoms with van der Waals surface area (Å²) in [6, 6.07) is 5.95. The van der Waals surface area contributed by atoms with Gasteiger partial charge in [-0.3, -0.25) is 9.89 Å². The first-order valence-electron chi connectivity index (χ1n) is 6.33. The average Bonchev–Trinajstić information content (AvgIpc) is 2.94. The van der Waals surface area contributed by atoms with Crippen LogP contribution in [0.25, 0.3) is 11.3 Å². The maximum atomic E-state index is 12.9. The van der Waals surface area contributed by atoms with E-state index in [-0.39, 0.29) is 24.1 Å². The predicted octanol–water partition coefficient (Wildman–Crippen LogP) is 1.93. The lowest BCUT2D eigenvalue weighted by molar-refractivity contribution is 0.0797. The molecule has 1 heterocycles. The molecule has 0 saturated carbocycles.